The number of aryl methyl sites for hydroxylation is 1. The van der Waals surface area contributed by atoms with Gasteiger partial charge in [-0.15, -0.1) is 0 Å². The van der Waals surface area contributed by atoms with E-state index in [1.165, 1.54) is 0 Å². The first-order chi connectivity index (χ1) is 27.9. The molecule has 7 rings (SSSR count). The molecule has 1 fully saturated rings. The quantitative estimate of drug-likeness (QED) is 0.0527. The van der Waals surface area contributed by atoms with Crippen molar-refractivity contribution in [2.24, 2.45) is 11.7 Å². The zero-order chi connectivity index (χ0) is 41.2. The number of aliphatic carboxylic acids is 1. The number of phenolic OH excluding ortho intramolecular Hbond substituents is 1. The van der Waals surface area contributed by atoms with Crippen LogP contribution in [0.5, 0.6) is 34.5 Å². The van der Waals surface area contributed by atoms with Gasteiger partial charge in [-0.3, -0.25) is 9.59 Å². The molecular formula is C41H49NO16. The molecule has 17 nitrogen and oxygen atoms in total. The zero-order valence-corrected chi connectivity index (χ0v) is 32.3. The molecule has 3 aromatic rings. The summed E-state index contributed by atoms with van der Waals surface area (Å²) in [5.41, 5.74) is 10.3. The minimum absolute atomic E-state index is 0.0442. The number of carbonyl (C=O) groups is 2. The highest BCUT2D eigenvalue weighted by atomic mass is 17.2. The van der Waals surface area contributed by atoms with Crippen molar-refractivity contribution in [2.45, 2.75) is 95.5 Å². The van der Waals surface area contributed by atoms with Gasteiger partial charge in [0.05, 0.1) is 19.1 Å². The Hall–Kier alpha value is -4.88. The number of aliphatic hydroxyl groups is 3. The smallest absolute Gasteiger partial charge is 0.317 e. The Morgan fingerprint density at radius 3 is 2.48 bits per heavy atom. The van der Waals surface area contributed by atoms with Crippen molar-refractivity contribution in [1.82, 2.24) is 0 Å². The van der Waals surface area contributed by atoms with Crippen molar-refractivity contribution in [1.29, 1.82) is 0 Å². The minimum Gasteiger partial charge on any atom is -0.508 e. The summed E-state index contributed by atoms with van der Waals surface area (Å²) in [5, 5.41) is 51.4. The number of carboxylic acids is 1. The molecule has 58 heavy (non-hydrogen) atoms. The summed E-state index contributed by atoms with van der Waals surface area (Å²) >= 11 is 0. The van der Waals surface area contributed by atoms with Crippen molar-refractivity contribution in [3.05, 3.63) is 69.8 Å². The third kappa shape index (κ3) is 8.61. The molecule has 4 heterocycles. The molecule has 0 aliphatic carbocycles. The molecule has 0 radical (unpaired) electrons. The average Bonchev–Trinajstić information content (AvgIpc) is 3.78. The van der Waals surface area contributed by atoms with Crippen LogP contribution in [0.3, 0.4) is 0 Å². The second-order valence-corrected chi connectivity index (χ2v) is 15.1. The maximum absolute atomic E-state index is 11.9. The number of aromatic hydroxyl groups is 1. The molecule has 17 heteroatoms. The summed E-state index contributed by atoms with van der Waals surface area (Å²) in [5.74, 6) is 0.101. The summed E-state index contributed by atoms with van der Waals surface area (Å²) in [6, 6.07) is 10.7. The minimum atomic E-state index is -1.70. The maximum atomic E-state index is 11.9. The van der Waals surface area contributed by atoms with Gasteiger partial charge in [-0.05, 0) is 60.2 Å². The molecule has 0 bridgehead atoms. The molecule has 0 amide bonds. The first kappa shape index (κ1) is 41.3. The predicted octanol–water partition coefficient (Wildman–Crippen LogP) is 2.56. The van der Waals surface area contributed by atoms with Crippen LogP contribution in [0.25, 0.3) is 0 Å². The standard InChI is InChI=1S/C41H49NO16/c1-4-20-8-21(11-23(44)10-20)9-22-12-29-25(38-27(17-51-29)24-13-30-39(55-34(16-43)53-30)26(7-19(2)3)37(24)56-38)14-28(22)57-58-40-36(49)35(48)31(54-41(40)50-6-5-42)18-52-33(47)15-32(45)46/h8,10-14,19,27,31,34-36,38,40-41,43-44,48-49H,4-7,9,15-18,42H2,1-3H3,(H,45,46)/t27-,31-,34-,35-,36+,38-,40-,41-/m1/s1. The van der Waals surface area contributed by atoms with Crippen LogP contribution in [0.15, 0.2) is 36.4 Å². The number of hydrogen-bond donors (Lipinski definition) is 6. The zero-order valence-electron chi connectivity index (χ0n) is 32.3. The van der Waals surface area contributed by atoms with E-state index in [-0.39, 0.29) is 56.1 Å². The molecule has 1 saturated heterocycles. The van der Waals surface area contributed by atoms with Gasteiger partial charge >= 0.3 is 11.9 Å². The average molecular weight is 812 g/mol. The molecule has 0 saturated carbocycles. The number of ether oxygens (including phenoxy) is 7. The van der Waals surface area contributed by atoms with Gasteiger partial charge in [0, 0.05) is 35.2 Å². The third-order valence-corrected chi connectivity index (χ3v) is 10.4. The fourth-order valence-electron chi connectivity index (χ4n) is 7.68. The first-order valence-corrected chi connectivity index (χ1v) is 19.3. The van der Waals surface area contributed by atoms with Gasteiger partial charge in [0.1, 0.15) is 61.3 Å². The lowest BCUT2D eigenvalue weighted by Gasteiger charge is -2.41. The number of carbonyl (C=O) groups excluding carboxylic acids is 1. The Morgan fingerprint density at radius 1 is 0.966 bits per heavy atom. The third-order valence-electron chi connectivity index (χ3n) is 10.4. The number of nitrogens with two attached hydrogens (primary N) is 1. The molecule has 7 N–H and O–H groups in total. The van der Waals surface area contributed by atoms with E-state index in [2.05, 4.69) is 13.8 Å². The molecule has 8 atom stereocenters. The van der Waals surface area contributed by atoms with Gasteiger partial charge < -0.3 is 69.3 Å². The molecule has 4 aliphatic rings. The number of rotatable bonds is 16. The van der Waals surface area contributed by atoms with Gasteiger partial charge in [0.25, 0.3) is 6.29 Å². The van der Waals surface area contributed by atoms with E-state index < -0.39 is 68.1 Å². The van der Waals surface area contributed by atoms with Crippen LogP contribution in [-0.2, 0) is 47.9 Å². The van der Waals surface area contributed by atoms with E-state index >= 15 is 0 Å². The monoisotopic (exact) mass is 811 g/mol. The highest BCUT2D eigenvalue weighted by Gasteiger charge is 2.49. The number of esters is 1. The second kappa shape index (κ2) is 17.5. The fourth-order valence-corrected chi connectivity index (χ4v) is 7.68. The van der Waals surface area contributed by atoms with E-state index in [0.717, 1.165) is 22.3 Å². The summed E-state index contributed by atoms with van der Waals surface area (Å²) < 4.78 is 41.6. The summed E-state index contributed by atoms with van der Waals surface area (Å²) in [6.45, 7) is 5.57. The fraction of sp³-hybridized carbons (Fsp3) is 0.512. The number of aliphatic hydroxyl groups excluding tert-OH is 3. The Bertz CT molecular complexity index is 1990. The Balaban J connectivity index is 1.20. The normalized spacial score (nSPS) is 25.3. The van der Waals surface area contributed by atoms with Crippen LogP contribution in [0.4, 0.5) is 0 Å². The number of benzene rings is 3. The van der Waals surface area contributed by atoms with Crippen molar-refractivity contribution in [3.63, 3.8) is 0 Å². The van der Waals surface area contributed by atoms with Crippen LogP contribution in [0, 0.1) is 5.92 Å². The second-order valence-electron chi connectivity index (χ2n) is 15.1. The van der Waals surface area contributed by atoms with Crippen molar-refractivity contribution in [3.8, 4) is 34.5 Å². The van der Waals surface area contributed by atoms with E-state index in [1.54, 1.807) is 18.2 Å². The van der Waals surface area contributed by atoms with Crippen molar-refractivity contribution < 1.29 is 78.1 Å². The lowest BCUT2D eigenvalue weighted by Crippen LogP contribution is -2.60. The van der Waals surface area contributed by atoms with E-state index in [0.29, 0.717) is 47.0 Å². The largest absolute Gasteiger partial charge is 0.508 e. The maximum Gasteiger partial charge on any atom is 0.317 e. The highest BCUT2D eigenvalue weighted by Crippen LogP contribution is 2.58. The lowest BCUT2D eigenvalue weighted by atomic mass is 9.86. The SMILES string of the molecule is CCc1cc(O)cc(Cc2cc3c(cc2OO[C@H]2[C@H](OCCN)O[C@H](COC(=O)CC(=O)O)[C@@H](O)[C@@H]2O)[C@H]2Oc4c(cc5c(c4CC(C)C)O[C@H](CO)O5)[C@H]2CO3)c1. The van der Waals surface area contributed by atoms with E-state index in [9.17, 15) is 30.0 Å². The number of phenols is 1. The Morgan fingerprint density at radius 2 is 1.76 bits per heavy atom. The van der Waals surface area contributed by atoms with Crippen LogP contribution in [0.1, 0.15) is 72.6 Å². The molecule has 4 aliphatic heterocycles. The molecule has 0 unspecified atom stereocenters. The highest BCUT2D eigenvalue weighted by molar-refractivity contribution is 5.90. The first-order valence-electron chi connectivity index (χ1n) is 19.3. The molecule has 0 aromatic heterocycles. The lowest BCUT2D eigenvalue weighted by molar-refractivity contribution is -0.372. The molecular weight excluding hydrogens is 762 g/mol. The van der Waals surface area contributed by atoms with E-state index in [1.807, 2.05) is 25.1 Å². The summed E-state index contributed by atoms with van der Waals surface area (Å²) in [4.78, 5) is 34.7. The summed E-state index contributed by atoms with van der Waals surface area (Å²) in [6.07, 6.45) is -8.18. The number of carboxylic acid groups (broad SMARTS) is 1. The Labute approximate surface area is 334 Å². The number of fused-ring (bicyclic) bond motifs is 6. The van der Waals surface area contributed by atoms with Crippen LogP contribution >= 0.6 is 0 Å². The molecule has 0 spiro atoms. The van der Waals surface area contributed by atoms with Crippen LogP contribution < -0.4 is 29.6 Å². The van der Waals surface area contributed by atoms with Gasteiger partial charge in [-0.25, -0.2) is 0 Å². The Kier molecular flexibility index (Phi) is 12.5. The van der Waals surface area contributed by atoms with E-state index in [4.69, 9.17) is 53.8 Å². The predicted molar refractivity (Wildman–Crippen MR) is 200 cm³/mol. The van der Waals surface area contributed by atoms with Gasteiger partial charge in [-0.1, -0.05) is 26.8 Å². The molecule has 3 aromatic carbocycles. The van der Waals surface area contributed by atoms with Gasteiger partial charge in [0.15, 0.2) is 29.6 Å². The summed E-state index contributed by atoms with van der Waals surface area (Å²) in [7, 11) is 0. The van der Waals surface area contributed by atoms with Crippen LogP contribution in [-0.4, -0.2) is 107 Å². The van der Waals surface area contributed by atoms with Crippen LogP contribution in [0.2, 0.25) is 0 Å². The van der Waals surface area contributed by atoms with Crippen molar-refractivity contribution >= 4 is 11.9 Å². The van der Waals surface area contributed by atoms with Gasteiger partial charge in [-0.2, -0.15) is 4.89 Å². The van der Waals surface area contributed by atoms with Crippen molar-refractivity contribution in [2.75, 3.05) is 33.0 Å². The van der Waals surface area contributed by atoms with Gasteiger partial charge in [0.2, 0.25) is 0 Å². The molecule has 314 valence electrons. The number of hydrogen-bond acceptors (Lipinski definition) is 16. The topological polar surface area (TPSA) is 244 Å².